The summed E-state index contributed by atoms with van der Waals surface area (Å²) in [4.78, 5) is 31.6. The first-order chi connectivity index (χ1) is 14.6. The van der Waals surface area contributed by atoms with Crippen molar-refractivity contribution in [3.8, 4) is 0 Å². The van der Waals surface area contributed by atoms with Crippen LogP contribution in [-0.4, -0.2) is 47.1 Å². The van der Waals surface area contributed by atoms with Crippen LogP contribution in [0.15, 0.2) is 35.7 Å². The lowest BCUT2D eigenvalue weighted by Crippen LogP contribution is -2.50. The average Bonchev–Trinajstić information content (AvgIpc) is 3.21. The smallest absolute Gasteiger partial charge is 0.242 e. The molecule has 1 unspecified atom stereocenters. The minimum Gasteiger partial charge on any atom is -0.333 e. The first-order valence-electron chi connectivity index (χ1n) is 10.6. The Morgan fingerprint density at radius 1 is 1.23 bits per heavy atom. The van der Waals surface area contributed by atoms with Crippen LogP contribution < -0.4 is 0 Å². The Kier molecular flexibility index (Phi) is 7.72. The lowest BCUT2D eigenvalue weighted by atomic mass is 9.92. The van der Waals surface area contributed by atoms with Gasteiger partial charge in [0.25, 0.3) is 0 Å². The zero-order valence-electron chi connectivity index (χ0n) is 18.5. The zero-order valence-corrected chi connectivity index (χ0v) is 20.9. The van der Waals surface area contributed by atoms with Crippen molar-refractivity contribution in [2.24, 2.45) is 11.3 Å². The van der Waals surface area contributed by atoms with E-state index in [-0.39, 0.29) is 36.2 Å². The topological polar surface area (TPSA) is 40.6 Å². The van der Waals surface area contributed by atoms with E-state index < -0.39 is 5.41 Å². The predicted molar refractivity (Wildman–Crippen MR) is 129 cm³/mol. The molecule has 31 heavy (non-hydrogen) atoms. The van der Waals surface area contributed by atoms with E-state index >= 15 is 0 Å². The first-order valence-corrected chi connectivity index (χ1v) is 12.4. The summed E-state index contributed by atoms with van der Waals surface area (Å²) in [6, 6.07) is 9.61. The van der Waals surface area contributed by atoms with E-state index in [2.05, 4.69) is 11.4 Å². The van der Waals surface area contributed by atoms with E-state index in [1.54, 1.807) is 16.2 Å². The van der Waals surface area contributed by atoms with Crippen molar-refractivity contribution in [2.45, 2.75) is 40.2 Å². The molecule has 4 nitrogen and oxygen atoms in total. The fourth-order valence-electron chi connectivity index (χ4n) is 3.99. The molecule has 0 saturated carbocycles. The monoisotopic (exact) mass is 480 g/mol. The van der Waals surface area contributed by atoms with Crippen LogP contribution in [0.25, 0.3) is 0 Å². The van der Waals surface area contributed by atoms with Crippen LogP contribution in [0, 0.1) is 11.3 Å². The van der Waals surface area contributed by atoms with Gasteiger partial charge in [0.2, 0.25) is 11.8 Å². The Labute approximate surface area is 199 Å². The molecular weight excluding hydrogens is 451 g/mol. The zero-order chi connectivity index (χ0) is 22.8. The van der Waals surface area contributed by atoms with Crippen LogP contribution in [0.1, 0.15) is 49.7 Å². The number of halogens is 2. The molecule has 1 atom stereocenters. The van der Waals surface area contributed by atoms with Crippen molar-refractivity contribution < 1.29 is 9.59 Å². The van der Waals surface area contributed by atoms with Gasteiger partial charge in [-0.05, 0) is 60.9 Å². The summed E-state index contributed by atoms with van der Waals surface area (Å²) in [5.74, 6) is 0.334. The van der Waals surface area contributed by atoms with Crippen molar-refractivity contribution in [2.75, 3.05) is 25.5 Å². The number of carbonyl (C=O) groups excluding carboxylic acids is 2. The van der Waals surface area contributed by atoms with Crippen molar-refractivity contribution in [3.63, 3.8) is 0 Å². The minimum atomic E-state index is -0.714. The summed E-state index contributed by atoms with van der Waals surface area (Å²) >= 11 is 13.9. The van der Waals surface area contributed by atoms with E-state index in [0.717, 1.165) is 17.5 Å². The van der Waals surface area contributed by atoms with Crippen molar-refractivity contribution in [3.05, 3.63) is 56.7 Å². The molecule has 7 heteroatoms. The third-order valence-electron chi connectivity index (χ3n) is 5.58. The highest BCUT2D eigenvalue weighted by molar-refractivity contribution is 7.10. The Bertz CT molecular complexity index is 924. The molecule has 0 bridgehead atoms. The average molecular weight is 481 g/mol. The molecule has 168 valence electrons. The Hall–Kier alpha value is -1.56. The lowest BCUT2D eigenvalue weighted by molar-refractivity contribution is -0.146. The highest BCUT2D eigenvalue weighted by Crippen LogP contribution is 2.38. The highest BCUT2D eigenvalue weighted by atomic mass is 35.5. The number of fused-ring (bicyclic) bond motifs is 1. The summed E-state index contributed by atoms with van der Waals surface area (Å²) in [5.41, 5.74) is 1.48. The van der Waals surface area contributed by atoms with E-state index in [4.69, 9.17) is 23.2 Å². The second-order valence-electron chi connectivity index (χ2n) is 9.19. The molecule has 2 aromatic rings. The molecule has 1 aromatic carbocycles. The molecule has 0 radical (unpaired) electrons. The third kappa shape index (κ3) is 5.44. The van der Waals surface area contributed by atoms with E-state index in [0.29, 0.717) is 18.1 Å². The van der Waals surface area contributed by atoms with Gasteiger partial charge in [-0.3, -0.25) is 9.59 Å². The quantitative estimate of drug-likeness (QED) is 0.482. The van der Waals surface area contributed by atoms with Gasteiger partial charge in [-0.25, -0.2) is 0 Å². The Balaban J connectivity index is 1.90. The molecule has 1 aromatic heterocycles. The van der Waals surface area contributed by atoms with Crippen molar-refractivity contribution in [1.29, 1.82) is 0 Å². The molecule has 2 amide bonds. The molecule has 0 saturated heterocycles. The summed E-state index contributed by atoms with van der Waals surface area (Å²) in [7, 11) is 0. The number of hydrogen-bond acceptors (Lipinski definition) is 3. The summed E-state index contributed by atoms with van der Waals surface area (Å²) in [6.07, 6.45) is 0.828. The molecule has 0 fully saturated rings. The van der Waals surface area contributed by atoms with Gasteiger partial charge in [0.15, 0.2) is 0 Å². The molecule has 1 aliphatic rings. The fourth-order valence-corrected chi connectivity index (χ4v) is 5.13. The fraction of sp³-hybridized carbons (Fsp3) is 0.500. The van der Waals surface area contributed by atoms with Gasteiger partial charge in [0.05, 0.1) is 18.0 Å². The van der Waals surface area contributed by atoms with Crippen LogP contribution in [0.5, 0.6) is 0 Å². The molecule has 1 aliphatic heterocycles. The molecule has 3 rings (SSSR count). The molecule has 0 N–H and O–H groups in total. The maximum Gasteiger partial charge on any atom is 0.242 e. The van der Waals surface area contributed by atoms with Gasteiger partial charge >= 0.3 is 0 Å². The standard InChI is InChI=1S/C24H30Cl2N2O2S/c1-16(2)13-27(23(30)24(3,4)15-25)14-21(29)28-11-9-20-19(10-12-31-20)22(28)17-5-7-18(26)8-6-17/h5-8,10,12,16,22H,9,11,13-15H2,1-4H3. The van der Waals surface area contributed by atoms with Crippen LogP contribution >= 0.6 is 34.5 Å². The number of benzene rings is 1. The second kappa shape index (κ2) is 9.93. The number of nitrogens with zero attached hydrogens (tertiary/aromatic N) is 2. The number of carbonyl (C=O) groups is 2. The van der Waals surface area contributed by atoms with Gasteiger partial charge in [-0.1, -0.05) is 37.6 Å². The SMILES string of the molecule is CC(C)CN(CC(=O)N1CCc2sccc2C1c1ccc(Cl)cc1)C(=O)C(C)(C)CCl. The maximum absolute atomic E-state index is 13.6. The Morgan fingerprint density at radius 2 is 1.90 bits per heavy atom. The van der Waals surface area contributed by atoms with Crippen molar-refractivity contribution in [1.82, 2.24) is 9.80 Å². The van der Waals surface area contributed by atoms with E-state index in [1.165, 1.54) is 4.88 Å². The largest absolute Gasteiger partial charge is 0.333 e. The maximum atomic E-state index is 13.6. The van der Waals surface area contributed by atoms with Gasteiger partial charge in [-0.15, -0.1) is 22.9 Å². The van der Waals surface area contributed by atoms with E-state index in [1.807, 2.05) is 56.9 Å². The van der Waals surface area contributed by atoms with Crippen LogP contribution in [0.3, 0.4) is 0 Å². The number of rotatable bonds is 7. The molecule has 0 aliphatic carbocycles. The number of thiophene rings is 1. The summed E-state index contributed by atoms with van der Waals surface area (Å²) < 4.78 is 0. The first kappa shape index (κ1) is 24.1. The van der Waals surface area contributed by atoms with Crippen LogP contribution in [0.4, 0.5) is 0 Å². The van der Waals surface area contributed by atoms with Crippen LogP contribution in [0.2, 0.25) is 5.02 Å². The highest BCUT2D eigenvalue weighted by Gasteiger charge is 2.36. The lowest BCUT2D eigenvalue weighted by Gasteiger charge is -2.39. The Morgan fingerprint density at radius 3 is 2.52 bits per heavy atom. The minimum absolute atomic E-state index is 0.0452. The number of hydrogen-bond donors (Lipinski definition) is 0. The van der Waals surface area contributed by atoms with Gasteiger partial charge in [0, 0.05) is 28.9 Å². The normalized spacial score (nSPS) is 16.4. The molecule has 0 spiro atoms. The molecular formula is C24H30Cl2N2O2S. The number of amides is 2. The van der Waals surface area contributed by atoms with E-state index in [9.17, 15) is 9.59 Å². The van der Waals surface area contributed by atoms with Gasteiger partial charge in [-0.2, -0.15) is 0 Å². The second-order valence-corrected chi connectivity index (χ2v) is 10.9. The van der Waals surface area contributed by atoms with Gasteiger partial charge < -0.3 is 9.80 Å². The van der Waals surface area contributed by atoms with Gasteiger partial charge in [0.1, 0.15) is 0 Å². The predicted octanol–water partition coefficient (Wildman–Crippen LogP) is 5.63. The third-order valence-corrected chi connectivity index (χ3v) is 7.50. The molecule has 2 heterocycles. The summed E-state index contributed by atoms with van der Waals surface area (Å²) in [5, 5.41) is 2.75. The van der Waals surface area contributed by atoms with Crippen molar-refractivity contribution >= 4 is 46.4 Å². The van der Waals surface area contributed by atoms with Crippen LogP contribution in [-0.2, 0) is 16.0 Å². The summed E-state index contributed by atoms with van der Waals surface area (Å²) in [6.45, 7) is 8.96. The number of alkyl halides is 1.